The highest BCUT2D eigenvalue weighted by Gasteiger charge is 2.42. The van der Waals surface area contributed by atoms with Gasteiger partial charge in [0, 0.05) is 12.6 Å². The van der Waals surface area contributed by atoms with Gasteiger partial charge in [0.1, 0.15) is 0 Å². The quantitative estimate of drug-likeness (QED) is 0.887. The fourth-order valence-electron chi connectivity index (χ4n) is 3.57. The topological polar surface area (TPSA) is 72.2 Å². The molecule has 1 heterocycles. The van der Waals surface area contributed by atoms with Crippen molar-refractivity contribution in [2.24, 2.45) is 5.73 Å². The van der Waals surface area contributed by atoms with Crippen LogP contribution in [0.2, 0.25) is 0 Å². The van der Waals surface area contributed by atoms with Crippen molar-refractivity contribution >= 4 is 9.84 Å². The van der Waals surface area contributed by atoms with Crippen LogP contribution in [0.3, 0.4) is 0 Å². The van der Waals surface area contributed by atoms with E-state index in [9.17, 15) is 8.42 Å². The summed E-state index contributed by atoms with van der Waals surface area (Å²) in [5, 5.41) is 3.69. The Morgan fingerprint density at radius 2 is 1.95 bits per heavy atom. The highest BCUT2D eigenvalue weighted by Crippen LogP contribution is 2.37. The van der Waals surface area contributed by atoms with Crippen molar-refractivity contribution in [3.8, 4) is 0 Å². The van der Waals surface area contributed by atoms with E-state index in [1.165, 1.54) is 12.8 Å². The molecule has 2 aliphatic rings. The second kappa shape index (κ2) is 5.13. The molecule has 4 nitrogen and oxygen atoms in total. The van der Waals surface area contributed by atoms with Gasteiger partial charge in [-0.25, -0.2) is 8.42 Å². The van der Waals surface area contributed by atoms with Crippen LogP contribution in [0.25, 0.3) is 0 Å². The molecule has 3 N–H and O–H groups in total. The summed E-state index contributed by atoms with van der Waals surface area (Å²) in [6.07, 6.45) is 5.39. The minimum atomic E-state index is -3.15. The maximum absolute atomic E-state index is 12.2. The van der Waals surface area contributed by atoms with Crippen LogP contribution in [-0.4, -0.2) is 26.8 Å². The van der Waals surface area contributed by atoms with Crippen LogP contribution in [0.1, 0.15) is 37.7 Å². The second-order valence-corrected chi connectivity index (χ2v) is 8.05. The smallest absolute Gasteiger partial charge is 0.178 e. The van der Waals surface area contributed by atoms with E-state index in [0.717, 1.165) is 18.4 Å². The Balaban J connectivity index is 2.03. The summed E-state index contributed by atoms with van der Waals surface area (Å²) in [7, 11) is -3.15. The first-order chi connectivity index (χ1) is 9.57. The van der Waals surface area contributed by atoms with E-state index in [2.05, 4.69) is 5.32 Å². The first kappa shape index (κ1) is 14.0. The molecule has 5 heteroatoms. The number of hydrogen-bond donors (Lipinski definition) is 2. The summed E-state index contributed by atoms with van der Waals surface area (Å²) >= 11 is 0. The lowest BCUT2D eigenvalue weighted by molar-refractivity contribution is 0.277. The lowest BCUT2D eigenvalue weighted by Gasteiger charge is -2.41. The molecule has 1 unspecified atom stereocenters. The van der Waals surface area contributed by atoms with E-state index in [-0.39, 0.29) is 11.3 Å². The van der Waals surface area contributed by atoms with E-state index < -0.39 is 9.84 Å². The van der Waals surface area contributed by atoms with Gasteiger partial charge >= 0.3 is 0 Å². The van der Waals surface area contributed by atoms with Gasteiger partial charge in [-0.05, 0) is 30.9 Å². The first-order valence-corrected chi connectivity index (χ1v) is 9.03. The van der Waals surface area contributed by atoms with Crippen LogP contribution >= 0.6 is 0 Å². The molecule has 20 heavy (non-hydrogen) atoms. The number of benzene rings is 1. The van der Waals surface area contributed by atoms with Crippen molar-refractivity contribution in [2.45, 2.75) is 48.6 Å². The number of nitrogens with two attached hydrogens (primary N) is 1. The minimum Gasteiger partial charge on any atom is -0.328 e. The maximum atomic E-state index is 12.2. The maximum Gasteiger partial charge on any atom is 0.178 e. The van der Waals surface area contributed by atoms with Crippen molar-refractivity contribution in [2.75, 3.05) is 12.3 Å². The zero-order valence-electron chi connectivity index (χ0n) is 11.6. The Labute approximate surface area is 120 Å². The fourth-order valence-corrected chi connectivity index (χ4v) is 5.29. The number of nitrogens with one attached hydrogen (secondary N) is 1. The second-order valence-electron chi connectivity index (χ2n) is 5.98. The summed E-state index contributed by atoms with van der Waals surface area (Å²) in [5.74, 6) is 0.181. The SMILES string of the molecule is NCC1(NC2CCCC2)CCS(=O)(=O)c2ccccc21. The van der Waals surface area contributed by atoms with Crippen molar-refractivity contribution in [3.05, 3.63) is 29.8 Å². The summed E-state index contributed by atoms with van der Waals surface area (Å²) in [6, 6.07) is 7.79. The molecule has 1 atom stereocenters. The molecule has 3 rings (SSSR count). The molecule has 1 fully saturated rings. The molecule has 0 saturated heterocycles. The third-order valence-corrected chi connectivity index (χ3v) is 6.49. The van der Waals surface area contributed by atoms with Crippen molar-refractivity contribution < 1.29 is 8.42 Å². The van der Waals surface area contributed by atoms with Crippen molar-refractivity contribution in [1.82, 2.24) is 5.32 Å². The summed E-state index contributed by atoms with van der Waals surface area (Å²) in [4.78, 5) is 0.460. The molecule has 0 aromatic heterocycles. The third-order valence-electron chi connectivity index (χ3n) is 4.72. The molecule has 0 bridgehead atoms. The summed E-state index contributed by atoms with van der Waals surface area (Å²) in [5.41, 5.74) is 6.55. The van der Waals surface area contributed by atoms with Crippen LogP contribution < -0.4 is 11.1 Å². The normalized spacial score (nSPS) is 29.2. The Kier molecular flexibility index (Phi) is 3.60. The molecular formula is C15H22N2O2S. The first-order valence-electron chi connectivity index (χ1n) is 7.37. The van der Waals surface area contributed by atoms with Gasteiger partial charge in [-0.1, -0.05) is 31.0 Å². The third kappa shape index (κ3) is 2.28. The van der Waals surface area contributed by atoms with Crippen LogP contribution in [0.5, 0.6) is 0 Å². The van der Waals surface area contributed by atoms with Gasteiger partial charge in [0.15, 0.2) is 9.84 Å². The molecular weight excluding hydrogens is 272 g/mol. The number of hydrogen-bond acceptors (Lipinski definition) is 4. The van der Waals surface area contributed by atoms with Gasteiger partial charge in [-0.3, -0.25) is 0 Å². The van der Waals surface area contributed by atoms with Crippen LogP contribution in [0.15, 0.2) is 29.2 Å². The number of sulfone groups is 1. The van der Waals surface area contributed by atoms with Crippen molar-refractivity contribution in [1.29, 1.82) is 0 Å². The Morgan fingerprint density at radius 3 is 2.65 bits per heavy atom. The molecule has 110 valence electrons. The molecule has 0 radical (unpaired) electrons. The Hall–Kier alpha value is -0.910. The summed E-state index contributed by atoms with van der Waals surface area (Å²) in [6.45, 7) is 0.441. The predicted octanol–water partition coefficient (Wildman–Crippen LogP) is 1.55. The monoisotopic (exact) mass is 294 g/mol. The molecule has 0 amide bonds. The highest BCUT2D eigenvalue weighted by molar-refractivity contribution is 7.91. The zero-order valence-corrected chi connectivity index (χ0v) is 12.5. The fraction of sp³-hybridized carbons (Fsp3) is 0.600. The Bertz CT molecular complexity index is 594. The van der Waals surface area contributed by atoms with Gasteiger partial charge < -0.3 is 11.1 Å². The minimum absolute atomic E-state index is 0.181. The predicted molar refractivity (Wildman–Crippen MR) is 79.2 cm³/mol. The van der Waals surface area contributed by atoms with Gasteiger partial charge in [-0.2, -0.15) is 0 Å². The lowest BCUT2D eigenvalue weighted by atomic mass is 9.85. The Morgan fingerprint density at radius 1 is 1.25 bits per heavy atom. The summed E-state index contributed by atoms with van der Waals surface area (Å²) < 4.78 is 24.5. The number of fused-ring (bicyclic) bond motifs is 1. The van der Waals surface area contributed by atoms with Crippen molar-refractivity contribution in [3.63, 3.8) is 0 Å². The molecule has 1 saturated carbocycles. The van der Waals surface area contributed by atoms with E-state index in [4.69, 9.17) is 5.73 Å². The van der Waals surface area contributed by atoms with Crippen LogP contribution in [0, 0.1) is 0 Å². The molecule has 1 aromatic rings. The largest absolute Gasteiger partial charge is 0.328 e. The van der Waals surface area contributed by atoms with E-state index >= 15 is 0 Å². The van der Waals surface area contributed by atoms with Crippen LogP contribution in [0.4, 0.5) is 0 Å². The molecule has 1 aromatic carbocycles. The lowest BCUT2D eigenvalue weighted by Crippen LogP contribution is -2.55. The number of rotatable bonds is 3. The van der Waals surface area contributed by atoms with E-state index in [0.29, 0.717) is 23.9 Å². The average molecular weight is 294 g/mol. The van der Waals surface area contributed by atoms with E-state index in [1.807, 2.05) is 12.1 Å². The highest BCUT2D eigenvalue weighted by atomic mass is 32.2. The van der Waals surface area contributed by atoms with Gasteiger partial charge in [-0.15, -0.1) is 0 Å². The standard InChI is InChI=1S/C15H22N2O2S/c16-11-15(17-12-5-1-2-6-12)9-10-20(18,19)14-8-4-3-7-13(14)15/h3-4,7-8,12,17H,1-2,5-6,9-11,16H2. The van der Waals surface area contributed by atoms with E-state index in [1.54, 1.807) is 12.1 Å². The van der Waals surface area contributed by atoms with Crippen LogP contribution in [-0.2, 0) is 15.4 Å². The molecule has 1 aliphatic carbocycles. The van der Waals surface area contributed by atoms with Gasteiger partial charge in [0.25, 0.3) is 0 Å². The van der Waals surface area contributed by atoms with Gasteiger partial charge in [0.2, 0.25) is 0 Å². The zero-order chi connectivity index (χ0) is 14.2. The molecule has 1 aliphatic heterocycles. The molecule has 0 spiro atoms. The van der Waals surface area contributed by atoms with Gasteiger partial charge in [0.05, 0.1) is 16.2 Å². The average Bonchev–Trinajstić information content (AvgIpc) is 2.96.